The van der Waals surface area contributed by atoms with E-state index in [2.05, 4.69) is 32.4 Å². The Bertz CT molecular complexity index is 545. The highest BCUT2D eigenvalue weighted by Crippen LogP contribution is 2.13. The maximum absolute atomic E-state index is 5.37. The molecule has 1 fully saturated rings. The summed E-state index contributed by atoms with van der Waals surface area (Å²) in [5, 5.41) is 0. The molecule has 0 unspecified atom stereocenters. The summed E-state index contributed by atoms with van der Waals surface area (Å²) in [7, 11) is 0. The third kappa shape index (κ3) is 2.77. The van der Waals surface area contributed by atoms with E-state index in [0.717, 1.165) is 57.0 Å². The number of fused-ring (bicyclic) bond motifs is 1. The largest absolute Gasteiger partial charge is 0.379 e. The van der Waals surface area contributed by atoms with Gasteiger partial charge in [0.2, 0.25) is 0 Å². The van der Waals surface area contributed by atoms with Gasteiger partial charge in [-0.15, -0.1) is 0 Å². The summed E-state index contributed by atoms with van der Waals surface area (Å²) >= 11 is 0. The van der Waals surface area contributed by atoms with Crippen LogP contribution in [0.2, 0.25) is 0 Å². The van der Waals surface area contributed by atoms with Gasteiger partial charge in [-0.25, -0.2) is 4.98 Å². The predicted octanol–water partition coefficient (Wildman–Crippen LogP) is 1.33. The first kappa shape index (κ1) is 12.6. The summed E-state index contributed by atoms with van der Waals surface area (Å²) in [5.41, 5.74) is 3.31. The second kappa shape index (κ2) is 5.67. The third-order valence-corrected chi connectivity index (χ3v) is 3.69. The van der Waals surface area contributed by atoms with Crippen LogP contribution >= 0.6 is 0 Å². The molecule has 1 saturated heterocycles. The molecule has 0 spiro atoms. The number of pyridine rings is 1. The molecule has 0 saturated carbocycles. The summed E-state index contributed by atoms with van der Waals surface area (Å²) in [4.78, 5) is 11.2. The molecule has 102 valence electrons. The highest BCUT2D eigenvalue weighted by atomic mass is 16.5. The number of nitrogens with zero attached hydrogens (tertiary/aromatic N) is 4. The predicted molar refractivity (Wildman–Crippen MR) is 74.2 cm³/mol. The van der Waals surface area contributed by atoms with Crippen molar-refractivity contribution >= 4 is 11.0 Å². The Hall–Kier alpha value is -1.46. The lowest BCUT2D eigenvalue weighted by Gasteiger charge is -2.26. The van der Waals surface area contributed by atoms with Gasteiger partial charge in [0.1, 0.15) is 5.52 Å². The van der Waals surface area contributed by atoms with Gasteiger partial charge in [0.05, 0.1) is 31.3 Å². The van der Waals surface area contributed by atoms with Gasteiger partial charge in [-0.2, -0.15) is 0 Å². The first-order valence-electron chi connectivity index (χ1n) is 6.96. The van der Waals surface area contributed by atoms with E-state index in [1.54, 1.807) is 0 Å². The maximum Gasteiger partial charge on any atom is 0.107 e. The summed E-state index contributed by atoms with van der Waals surface area (Å²) in [5.74, 6) is 0. The van der Waals surface area contributed by atoms with Crippen LogP contribution in [0, 0.1) is 0 Å². The molecule has 19 heavy (non-hydrogen) atoms. The fourth-order valence-electron chi connectivity index (χ4n) is 2.45. The van der Waals surface area contributed by atoms with Crippen LogP contribution in [0.5, 0.6) is 0 Å². The highest BCUT2D eigenvalue weighted by molar-refractivity contribution is 5.74. The highest BCUT2D eigenvalue weighted by Gasteiger charge is 2.11. The lowest BCUT2D eigenvalue weighted by atomic mass is 10.2. The van der Waals surface area contributed by atoms with E-state index in [9.17, 15) is 0 Å². The van der Waals surface area contributed by atoms with Crippen LogP contribution in [0.25, 0.3) is 11.0 Å². The Balaban J connectivity index is 1.72. The molecule has 0 atom stereocenters. The van der Waals surface area contributed by atoms with Crippen molar-refractivity contribution in [3.05, 3.63) is 24.3 Å². The van der Waals surface area contributed by atoms with E-state index in [-0.39, 0.29) is 0 Å². The van der Waals surface area contributed by atoms with E-state index in [0.29, 0.717) is 0 Å². The van der Waals surface area contributed by atoms with Crippen molar-refractivity contribution in [1.29, 1.82) is 0 Å². The van der Waals surface area contributed by atoms with Crippen LogP contribution in [0.4, 0.5) is 0 Å². The Morgan fingerprint density at radius 3 is 2.84 bits per heavy atom. The van der Waals surface area contributed by atoms with Crippen molar-refractivity contribution < 1.29 is 4.74 Å². The van der Waals surface area contributed by atoms with Crippen LogP contribution in [-0.2, 0) is 17.7 Å². The summed E-state index contributed by atoms with van der Waals surface area (Å²) in [6.45, 7) is 7.94. The average molecular weight is 260 g/mol. The van der Waals surface area contributed by atoms with Crippen molar-refractivity contribution in [3.63, 3.8) is 0 Å². The van der Waals surface area contributed by atoms with Crippen molar-refractivity contribution in [1.82, 2.24) is 19.4 Å². The minimum absolute atomic E-state index is 0.856. The fourth-order valence-corrected chi connectivity index (χ4v) is 2.45. The Kier molecular flexibility index (Phi) is 3.75. The molecule has 2 aromatic rings. The fraction of sp³-hybridized carbons (Fsp3) is 0.571. The van der Waals surface area contributed by atoms with Crippen LogP contribution in [0.1, 0.15) is 12.6 Å². The monoisotopic (exact) mass is 260 g/mol. The van der Waals surface area contributed by atoms with E-state index in [1.807, 2.05) is 12.5 Å². The number of aryl methyl sites for hydroxylation is 1. The molecule has 3 rings (SSSR count). The second-order valence-corrected chi connectivity index (χ2v) is 4.91. The Labute approximate surface area is 113 Å². The molecule has 0 amide bonds. The van der Waals surface area contributed by atoms with Gasteiger partial charge in [0, 0.05) is 31.9 Å². The number of rotatable bonds is 4. The van der Waals surface area contributed by atoms with Gasteiger partial charge in [0.25, 0.3) is 0 Å². The summed E-state index contributed by atoms with van der Waals surface area (Å²) in [6, 6.07) is 2.15. The summed E-state index contributed by atoms with van der Waals surface area (Å²) in [6.07, 6.45) is 4.76. The van der Waals surface area contributed by atoms with Crippen molar-refractivity contribution in [3.8, 4) is 0 Å². The lowest BCUT2D eigenvalue weighted by molar-refractivity contribution is 0.0365. The molecule has 0 aliphatic carbocycles. The molecular formula is C14H20N4O. The molecule has 3 heterocycles. The van der Waals surface area contributed by atoms with E-state index >= 15 is 0 Å². The van der Waals surface area contributed by atoms with Crippen LogP contribution in [0.3, 0.4) is 0 Å². The van der Waals surface area contributed by atoms with Gasteiger partial charge < -0.3 is 9.30 Å². The van der Waals surface area contributed by atoms with Gasteiger partial charge in [-0.3, -0.25) is 9.88 Å². The Morgan fingerprint density at radius 1 is 1.21 bits per heavy atom. The molecule has 1 aliphatic heterocycles. The molecular weight excluding hydrogens is 240 g/mol. The molecule has 5 nitrogen and oxygen atoms in total. The number of morpholine rings is 1. The first-order valence-corrected chi connectivity index (χ1v) is 6.96. The van der Waals surface area contributed by atoms with Crippen LogP contribution in [-0.4, -0.2) is 52.3 Å². The zero-order chi connectivity index (χ0) is 13.1. The smallest absolute Gasteiger partial charge is 0.107 e. The van der Waals surface area contributed by atoms with Gasteiger partial charge in [-0.1, -0.05) is 6.92 Å². The van der Waals surface area contributed by atoms with Crippen molar-refractivity contribution in [2.75, 3.05) is 32.8 Å². The number of imidazole rings is 1. The maximum atomic E-state index is 5.37. The average Bonchev–Trinajstić information content (AvgIpc) is 2.88. The van der Waals surface area contributed by atoms with E-state index in [4.69, 9.17) is 4.74 Å². The van der Waals surface area contributed by atoms with Crippen LogP contribution < -0.4 is 0 Å². The molecule has 0 bridgehead atoms. The molecule has 0 radical (unpaired) electrons. The Morgan fingerprint density at radius 2 is 2.05 bits per heavy atom. The van der Waals surface area contributed by atoms with Gasteiger partial charge >= 0.3 is 0 Å². The van der Waals surface area contributed by atoms with Gasteiger partial charge in [0.15, 0.2) is 0 Å². The molecule has 0 aromatic carbocycles. The number of hydrogen-bond donors (Lipinski definition) is 0. The third-order valence-electron chi connectivity index (χ3n) is 3.69. The second-order valence-electron chi connectivity index (χ2n) is 4.91. The molecule has 1 aliphatic rings. The normalized spacial score (nSPS) is 17.1. The first-order chi connectivity index (χ1) is 9.36. The van der Waals surface area contributed by atoms with E-state index < -0.39 is 0 Å². The molecule has 0 N–H and O–H groups in total. The van der Waals surface area contributed by atoms with Gasteiger partial charge in [-0.05, 0) is 12.5 Å². The SMILES string of the molecule is CCc1cc2c(cn1)ncn2CCN1CCOCC1. The lowest BCUT2D eigenvalue weighted by Crippen LogP contribution is -2.38. The zero-order valence-electron chi connectivity index (χ0n) is 11.4. The topological polar surface area (TPSA) is 43.2 Å². The van der Waals surface area contributed by atoms with Crippen LogP contribution in [0.15, 0.2) is 18.6 Å². The quantitative estimate of drug-likeness (QED) is 0.831. The minimum Gasteiger partial charge on any atom is -0.379 e. The molecule has 2 aromatic heterocycles. The minimum atomic E-state index is 0.856. The standard InChI is InChI=1S/C14H20N4O/c1-2-12-9-14-13(10-15-12)16-11-18(14)4-3-17-5-7-19-8-6-17/h9-11H,2-8H2,1H3. The number of hydrogen-bond acceptors (Lipinski definition) is 4. The van der Waals surface area contributed by atoms with E-state index in [1.165, 1.54) is 5.52 Å². The van der Waals surface area contributed by atoms with Crippen molar-refractivity contribution in [2.45, 2.75) is 19.9 Å². The van der Waals surface area contributed by atoms with Crippen molar-refractivity contribution in [2.24, 2.45) is 0 Å². The summed E-state index contributed by atoms with van der Waals surface area (Å²) < 4.78 is 7.60. The number of ether oxygens (including phenoxy) is 1. The zero-order valence-corrected chi connectivity index (χ0v) is 11.4. The number of aromatic nitrogens is 3. The molecule has 5 heteroatoms.